The van der Waals surface area contributed by atoms with Crippen LogP contribution in [0, 0.1) is 19.3 Å². The Morgan fingerprint density at radius 3 is 2.58 bits per heavy atom. The lowest BCUT2D eigenvalue weighted by atomic mass is 9.99. The fraction of sp³-hybridized carbons (Fsp3) is 0.414. The van der Waals surface area contributed by atoms with E-state index >= 15 is 0 Å². The molecule has 5 N–H and O–H groups in total. The van der Waals surface area contributed by atoms with Gasteiger partial charge in [0, 0.05) is 59.7 Å². The summed E-state index contributed by atoms with van der Waals surface area (Å²) in [6.45, 7) is 4.37. The quantitative estimate of drug-likeness (QED) is 0.165. The Labute approximate surface area is 234 Å². The molecule has 1 aliphatic carbocycles. The molecule has 1 fully saturated rings. The number of rotatable bonds is 12. The maximum absolute atomic E-state index is 13.5. The van der Waals surface area contributed by atoms with Crippen molar-refractivity contribution in [2.75, 3.05) is 23.9 Å². The lowest BCUT2D eigenvalue weighted by molar-refractivity contribution is 0.0950. The molecule has 0 spiro atoms. The number of aromatic nitrogens is 1. The number of hydrogen-bond acceptors (Lipinski definition) is 8. The molecule has 0 unspecified atom stereocenters. The minimum absolute atomic E-state index is 0.0360. The van der Waals surface area contributed by atoms with Crippen LogP contribution in [0.4, 0.5) is 5.69 Å². The summed E-state index contributed by atoms with van der Waals surface area (Å²) in [6.07, 6.45) is 6.67. The summed E-state index contributed by atoms with van der Waals surface area (Å²) < 4.78 is 28.8. The number of nitrogens with one attached hydrogen (secondary N) is 5. The molecule has 1 aliphatic rings. The third kappa shape index (κ3) is 7.48. The molecule has 1 amide bonds. The van der Waals surface area contributed by atoms with Gasteiger partial charge in [-0.05, 0) is 62.6 Å². The van der Waals surface area contributed by atoms with E-state index in [1.807, 2.05) is 38.1 Å². The number of pyridine rings is 1. The summed E-state index contributed by atoms with van der Waals surface area (Å²) in [6, 6.07) is 9.32. The van der Waals surface area contributed by atoms with Crippen molar-refractivity contribution in [2.45, 2.75) is 58.7 Å². The van der Waals surface area contributed by atoms with Crippen LogP contribution in [0.15, 0.2) is 39.5 Å². The molecule has 11 heteroatoms. The highest BCUT2D eigenvalue weighted by molar-refractivity contribution is 7.90. The highest BCUT2D eigenvalue weighted by atomic mass is 32.2. The number of benzene rings is 1. The Bertz CT molecular complexity index is 1550. The van der Waals surface area contributed by atoms with Crippen LogP contribution in [0.25, 0.3) is 11.3 Å². The largest absolute Gasteiger partial charge is 0.460 e. The second kappa shape index (κ2) is 12.6. The van der Waals surface area contributed by atoms with Crippen molar-refractivity contribution in [1.29, 1.82) is 5.41 Å². The Balaban J connectivity index is 1.61. The fourth-order valence-corrected chi connectivity index (χ4v) is 5.53. The highest BCUT2D eigenvalue weighted by Gasteiger charge is 2.22. The van der Waals surface area contributed by atoms with Crippen molar-refractivity contribution < 1.29 is 17.6 Å². The normalized spacial score (nSPS) is 13.9. The van der Waals surface area contributed by atoms with Crippen LogP contribution in [-0.2, 0) is 22.9 Å². The van der Waals surface area contributed by atoms with Crippen LogP contribution < -0.4 is 21.5 Å². The summed E-state index contributed by atoms with van der Waals surface area (Å²) in [5.74, 6) is 0.813. The monoisotopic (exact) mass is 567 g/mol. The number of amides is 1. The Kier molecular flexibility index (Phi) is 9.26. The fourth-order valence-electron chi connectivity index (χ4n) is 5.01. The van der Waals surface area contributed by atoms with Crippen molar-refractivity contribution in [3.05, 3.63) is 74.4 Å². The zero-order valence-corrected chi connectivity index (χ0v) is 24.0. The molecular weight excluding hydrogens is 530 g/mol. The van der Waals surface area contributed by atoms with E-state index < -0.39 is 15.7 Å². The Morgan fingerprint density at radius 1 is 1.15 bits per heavy atom. The van der Waals surface area contributed by atoms with E-state index in [2.05, 4.69) is 20.9 Å². The molecule has 1 aromatic carbocycles. The molecule has 40 heavy (non-hydrogen) atoms. The van der Waals surface area contributed by atoms with Crippen molar-refractivity contribution in [3.8, 4) is 11.3 Å². The second-order valence-electron chi connectivity index (χ2n) is 10.5. The van der Waals surface area contributed by atoms with Gasteiger partial charge in [0.25, 0.3) is 11.5 Å². The molecule has 2 heterocycles. The van der Waals surface area contributed by atoms with Gasteiger partial charge in [-0.3, -0.25) is 9.59 Å². The molecule has 0 atom stereocenters. The van der Waals surface area contributed by atoms with Crippen LogP contribution in [-0.4, -0.2) is 50.1 Å². The average Bonchev–Trinajstić information content (AvgIpc) is 3.57. The van der Waals surface area contributed by atoms with Gasteiger partial charge in [-0.1, -0.05) is 12.8 Å². The maximum Gasteiger partial charge on any atom is 0.253 e. The third-order valence-corrected chi connectivity index (χ3v) is 8.04. The summed E-state index contributed by atoms with van der Waals surface area (Å²) in [5.41, 5.74) is 3.91. The maximum atomic E-state index is 13.5. The van der Waals surface area contributed by atoms with Gasteiger partial charge in [0.2, 0.25) is 0 Å². The molecular formula is C29H37N5O5S. The number of anilines is 1. The minimum Gasteiger partial charge on any atom is -0.460 e. The molecule has 0 bridgehead atoms. The number of carbonyl (C=O) groups excluding carboxylic acids is 1. The number of aromatic amines is 1. The van der Waals surface area contributed by atoms with E-state index in [1.54, 1.807) is 6.07 Å². The first kappa shape index (κ1) is 29.3. The van der Waals surface area contributed by atoms with E-state index in [-0.39, 0.29) is 23.9 Å². The van der Waals surface area contributed by atoms with Crippen molar-refractivity contribution in [1.82, 2.24) is 15.6 Å². The van der Waals surface area contributed by atoms with Crippen LogP contribution in [0.3, 0.4) is 0 Å². The first-order valence-corrected chi connectivity index (χ1v) is 15.5. The number of H-pyrrole nitrogens is 1. The Hall–Kier alpha value is -3.70. The van der Waals surface area contributed by atoms with Gasteiger partial charge in [0.1, 0.15) is 21.4 Å². The third-order valence-electron chi connectivity index (χ3n) is 7.10. The van der Waals surface area contributed by atoms with Gasteiger partial charge in [0.05, 0.1) is 17.9 Å². The van der Waals surface area contributed by atoms with E-state index in [9.17, 15) is 18.0 Å². The molecule has 1 saturated carbocycles. The van der Waals surface area contributed by atoms with E-state index in [0.717, 1.165) is 36.9 Å². The summed E-state index contributed by atoms with van der Waals surface area (Å²) in [7, 11) is -3.06. The van der Waals surface area contributed by atoms with Crippen LogP contribution in [0.2, 0.25) is 0 Å². The van der Waals surface area contributed by atoms with E-state index in [1.165, 1.54) is 12.5 Å². The first-order chi connectivity index (χ1) is 19.0. The molecule has 0 saturated heterocycles. The topological polar surface area (TPSA) is 157 Å². The summed E-state index contributed by atoms with van der Waals surface area (Å²) >= 11 is 0. The zero-order valence-electron chi connectivity index (χ0n) is 23.1. The SMILES string of the molecule is Cc1cc(C)c(CNC(=O)c2cc(-c3ccc(CNCCS(C)(=O)=O)o3)cc(NC3CCCC3)c2C=N)c(=O)[nH]1. The predicted molar refractivity (Wildman–Crippen MR) is 157 cm³/mol. The van der Waals surface area contributed by atoms with Crippen LogP contribution in [0.5, 0.6) is 0 Å². The molecule has 0 aliphatic heterocycles. The number of carbonyl (C=O) groups is 1. The molecule has 4 rings (SSSR count). The minimum atomic E-state index is -3.06. The summed E-state index contributed by atoms with van der Waals surface area (Å²) in [4.78, 5) is 28.7. The Morgan fingerprint density at radius 2 is 1.90 bits per heavy atom. The summed E-state index contributed by atoms with van der Waals surface area (Å²) in [5, 5.41) is 17.6. The van der Waals surface area contributed by atoms with Crippen LogP contribution in [0.1, 0.15) is 64.2 Å². The van der Waals surface area contributed by atoms with Gasteiger partial charge in [-0.25, -0.2) is 8.42 Å². The smallest absolute Gasteiger partial charge is 0.253 e. The van der Waals surface area contributed by atoms with Gasteiger partial charge < -0.3 is 30.8 Å². The molecule has 214 valence electrons. The second-order valence-corrected chi connectivity index (χ2v) is 12.7. The predicted octanol–water partition coefficient (Wildman–Crippen LogP) is 3.67. The van der Waals surface area contributed by atoms with E-state index in [0.29, 0.717) is 52.6 Å². The molecule has 10 nitrogen and oxygen atoms in total. The van der Waals surface area contributed by atoms with Crippen molar-refractivity contribution >= 4 is 27.6 Å². The number of furan rings is 1. The molecule has 0 radical (unpaired) electrons. The lowest BCUT2D eigenvalue weighted by Gasteiger charge is -2.19. The van der Waals surface area contributed by atoms with Crippen molar-refractivity contribution in [2.24, 2.45) is 0 Å². The number of aryl methyl sites for hydroxylation is 2. The van der Waals surface area contributed by atoms with Gasteiger partial charge in [0.15, 0.2) is 0 Å². The van der Waals surface area contributed by atoms with Crippen molar-refractivity contribution in [3.63, 3.8) is 0 Å². The molecule has 2 aromatic heterocycles. The highest BCUT2D eigenvalue weighted by Crippen LogP contribution is 2.32. The first-order valence-electron chi connectivity index (χ1n) is 13.4. The van der Waals surface area contributed by atoms with Gasteiger partial charge >= 0.3 is 0 Å². The van der Waals surface area contributed by atoms with Crippen LogP contribution >= 0.6 is 0 Å². The lowest BCUT2D eigenvalue weighted by Crippen LogP contribution is -2.29. The number of hydrogen-bond donors (Lipinski definition) is 5. The zero-order chi connectivity index (χ0) is 28.9. The van der Waals surface area contributed by atoms with Gasteiger partial charge in [-0.15, -0.1) is 0 Å². The molecule has 3 aromatic rings. The average molecular weight is 568 g/mol. The standard InChI is InChI=1S/C29H37N5O5S/c1-18-12-19(2)33-29(36)25(18)17-32-28(35)23-13-20(14-26(24(23)15-30)34-21-6-4-5-7-21)27-9-8-22(39-27)16-31-10-11-40(3,37)38/h8-9,12-15,21,30-31,34H,4-7,10-11,16-17H2,1-3H3,(H,32,35)(H,33,36). The number of sulfone groups is 1. The van der Waals surface area contributed by atoms with E-state index in [4.69, 9.17) is 9.83 Å². The van der Waals surface area contributed by atoms with Gasteiger partial charge in [-0.2, -0.15) is 0 Å².